The molecule has 3 aromatic rings. The van der Waals surface area contributed by atoms with Crippen LogP contribution in [-0.2, 0) is 4.79 Å². The Morgan fingerprint density at radius 1 is 1.15 bits per heavy atom. The Balaban J connectivity index is 1.62. The molecule has 0 unspecified atom stereocenters. The first-order chi connectivity index (χ1) is 13.1. The lowest BCUT2D eigenvalue weighted by Gasteiger charge is -2.23. The van der Waals surface area contributed by atoms with Gasteiger partial charge in [-0.05, 0) is 32.0 Å². The molecule has 2 heterocycles. The first-order valence-corrected chi connectivity index (χ1v) is 8.72. The van der Waals surface area contributed by atoms with Gasteiger partial charge in [-0.3, -0.25) is 4.79 Å². The van der Waals surface area contributed by atoms with Crippen molar-refractivity contribution in [1.29, 1.82) is 0 Å². The number of para-hydroxylation sites is 3. The number of azo groups is 1. The molecule has 0 bridgehead atoms. The van der Waals surface area contributed by atoms with E-state index in [0.717, 1.165) is 10.9 Å². The Kier molecular flexibility index (Phi) is 4.27. The number of hydrogen-bond donors (Lipinski definition) is 1. The molecule has 1 aliphatic heterocycles. The van der Waals surface area contributed by atoms with Crippen molar-refractivity contribution in [2.24, 2.45) is 10.2 Å². The molecule has 1 amide bonds. The van der Waals surface area contributed by atoms with Crippen LogP contribution in [0, 0.1) is 0 Å². The molecule has 0 saturated heterocycles. The zero-order valence-electron chi connectivity index (χ0n) is 15.0. The standard InChI is InChI=1S/C20H19N3O4/c1-12(2)23-14-8-4-3-7-13(14)18(20(23)25)21-22-19(24)17-11-26-15-9-5-6-10-16(15)27-17/h3-10,12,17,25H,11H2,1-2H3/t17-/m0/s1. The summed E-state index contributed by atoms with van der Waals surface area (Å²) in [7, 11) is 0. The van der Waals surface area contributed by atoms with Crippen LogP contribution >= 0.6 is 0 Å². The summed E-state index contributed by atoms with van der Waals surface area (Å²) >= 11 is 0. The number of amides is 1. The van der Waals surface area contributed by atoms with Gasteiger partial charge in [0, 0.05) is 11.4 Å². The molecule has 0 saturated carbocycles. The summed E-state index contributed by atoms with van der Waals surface area (Å²) in [5.41, 5.74) is 1.10. The third-order valence-electron chi connectivity index (χ3n) is 4.41. The van der Waals surface area contributed by atoms with Gasteiger partial charge in [-0.2, -0.15) is 0 Å². The van der Waals surface area contributed by atoms with Crippen molar-refractivity contribution in [1.82, 2.24) is 4.57 Å². The van der Waals surface area contributed by atoms with Crippen molar-refractivity contribution in [3.05, 3.63) is 48.5 Å². The molecule has 0 radical (unpaired) electrons. The van der Waals surface area contributed by atoms with Crippen molar-refractivity contribution < 1.29 is 19.4 Å². The molecule has 4 rings (SSSR count). The lowest BCUT2D eigenvalue weighted by molar-refractivity contribution is -0.127. The van der Waals surface area contributed by atoms with Crippen LogP contribution in [0.3, 0.4) is 0 Å². The smallest absolute Gasteiger partial charge is 0.308 e. The van der Waals surface area contributed by atoms with E-state index in [1.165, 1.54) is 0 Å². The summed E-state index contributed by atoms with van der Waals surface area (Å²) in [6, 6.07) is 14.6. The van der Waals surface area contributed by atoms with E-state index in [9.17, 15) is 9.90 Å². The fourth-order valence-electron chi connectivity index (χ4n) is 3.16. The van der Waals surface area contributed by atoms with Crippen LogP contribution in [0.1, 0.15) is 19.9 Å². The van der Waals surface area contributed by atoms with Gasteiger partial charge in [0.25, 0.3) is 0 Å². The molecule has 1 N–H and O–H groups in total. The van der Waals surface area contributed by atoms with Crippen molar-refractivity contribution in [2.45, 2.75) is 26.0 Å². The number of rotatable bonds is 3. The highest BCUT2D eigenvalue weighted by Crippen LogP contribution is 2.40. The Bertz CT molecular complexity index is 1040. The van der Waals surface area contributed by atoms with Gasteiger partial charge in [-0.25, -0.2) is 0 Å². The SMILES string of the molecule is CC(C)n1c(O)c(N=NC(=O)[C@@H]2COc3ccccc3O2)c2ccccc21. The Labute approximate surface area is 155 Å². The van der Waals surface area contributed by atoms with Crippen LogP contribution in [0.5, 0.6) is 17.4 Å². The first kappa shape index (κ1) is 17.1. The highest BCUT2D eigenvalue weighted by molar-refractivity contribution is 5.95. The van der Waals surface area contributed by atoms with Crippen LogP contribution in [0.25, 0.3) is 10.9 Å². The number of aromatic nitrogens is 1. The maximum Gasteiger partial charge on any atom is 0.308 e. The zero-order valence-corrected chi connectivity index (χ0v) is 15.0. The normalized spacial score (nSPS) is 16.3. The van der Waals surface area contributed by atoms with Crippen LogP contribution in [0.4, 0.5) is 5.69 Å². The van der Waals surface area contributed by atoms with Crippen LogP contribution < -0.4 is 9.47 Å². The van der Waals surface area contributed by atoms with E-state index in [0.29, 0.717) is 11.5 Å². The number of carbonyl (C=O) groups excluding carboxylic acids is 1. The van der Waals surface area contributed by atoms with Gasteiger partial charge in [0.1, 0.15) is 6.61 Å². The second kappa shape index (κ2) is 6.75. The van der Waals surface area contributed by atoms with E-state index in [1.54, 1.807) is 22.8 Å². The monoisotopic (exact) mass is 365 g/mol. The van der Waals surface area contributed by atoms with E-state index in [1.807, 2.05) is 44.2 Å². The second-order valence-corrected chi connectivity index (χ2v) is 6.56. The summed E-state index contributed by atoms with van der Waals surface area (Å²) in [6.07, 6.45) is -0.871. The average Bonchev–Trinajstić information content (AvgIpc) is 2.97. The molecule has 7 nitrogen and oxygen atoms in total. The fraction of sp³-hybridized carbons (Fsp3) is 0.250. The predicted octanol–water partition coefficient (Wildman–Crippen LogP) is 4.38. The molecular weight excluding hydrogens is 346 g/mol. The summed E-state index contributed by atoms with van der Waals surface area (Å²) in [6.45, 7) is 3.99. The van der Waals surface area contributed by atoms with E-state index >= 15 is 0 Å². The zero-order chi connectivity index (χ0) is 19.0. The van der Waals surface area contributed by atoms with E-state index in [-0.39, 0.29) is 24.2 Å². The summed E-state index contributed by atoms with van der Waals surface area (Å²) < 4.78 is 12.9. The maximum absolute atomic E-state index is 12.4. The minimum atomic E-state index is -0.871. The number of fused-ring (bicyclic) bond motifs is 2. The molecule has 0 fully saturated rings. The quantitative estimate of drug-likeness (QED) is 0.698. The minimum absolute atomic E-state index is 0.0195. The lowest BCUT2D eigenvalue weighted by Crippen LogP contribution is -2.35. The van der Waals surface area contributed by atoms with Crippen LogP contribution in [-0.4, -0.2) is 28.3 Å². The Hall–Kier alpha value is -3.35. The van der Waals surface area contributed by atoms with Gasteiger partial charge in [0.2, 0.25) is 12.0 Å². The Morgan fingerprint density at radius 2 is 1.85 bits per heavy atom. The largest absolute Gasteiger partial charge is 0.493 e. The molecule has 0 spiro atoms. The Morgan fingerprint density at radius 3 is 2.63 bits per heavy atom. The van der Waals surface area contributed by atoms with Crippen molar-refractivity contribution >= 4 is 22.5 Å². The van der Waals surface area contributed by atoms with Gasteiger partial charge in [0.15, 0.2) is 17.2 Å². The van der Waals surface area contributed by atoms with Crippen molar-refractivity contribution in [2.75, 3.05) is 6.61 Å². The van der Waals surface area contributed by atoms with E-state index < -0.39 is 12.0 Å². The molecule has 138 valence electrons. The number of hydrogen-bond acceptors (Lipinski definition) is 5. The number of benzene rings is 2. The second-order valence-electron chi connectivity index (χ2n) is 6.56. The number of carbonyl (C=O) groups is 1. The summed E-state index contributed by atoms with van der Waals surface area (Å²) in [5, 5.41) is 19.1. The predicted molar refractivity (Wildman–Crippen MR) is 99.9 cm³/mol. The van der Waals surface area contributed by atoms with Gasteiger partial charge < -0.3 is 19.1 Å². The number of ether oxygens (including phenoxy) is 2. The molecule has 1 aromatic heterocycles. The molecule has 27 heavy (non-hydrogen) atoms. The van der Waals surface area contributed by atoms with Gasteiger partial charge in [-0.1, -0.05) is 30.3 Å². The third-order valence-corrected chi connectivity index (χ3v) is 4.41. The summed E-state index contributed by atoms with van der Waals surface area (Å²) in [5.74, 6) is 0.506. The number of nitrogens with zero attached hydrogens (tertiary/aromatic N) is 3. The van der Waals surface area contributed by atoms with Gasteiger partial charge in [-0.15, -0.1) is 10.2 Å². The van der Waals surface area contributed by atoms with E-state index in [4.69, 9.17) is 9.47 Å². The lowest BCUT2D eigenvalue weighted by atomic mass is 10.2. The average molecular weight is 365 g/mol. The maximum atomic E-state index is 12.4. The van der Waals surface area contributed by atoms with Gasteiger partial charge >= 0.3 is 5.91 Å². The molecule has 0 aliphatic carbocycles. The first-order valence-electron chi connectivity index (χ1n) is 8.72. The molecular formula is C20H19N3O4. The van der Waals surface area contributed by atoms with Gasteiger partial charge in [0.05, 0.1) is 5.52 Å². The molecule has 2 aromatic carbocycles. The highest BCUT2D eigenvalue weighted by atomic mass is 16.6. The fourth-order valence-corrected chi connectivity index (χ4v) is 3.16. The summed E-state index contributed by atoms with van der Waals surface area (Å²) in [4.78, 5) is 12.4. The van der Waals surface area contributed by atoms with Crippen LogP contribution in [0.2, 0.25) is 0 Å². The minimum Gasteiger partial charge on any atom is -0.493 e. The molecule has 7 heteroatoms. The third kappa shape index (κ3) is 3.01. The molecule has 1 aliphatic rings. The van der Waals surface area contributed by atoms with Crippen molar-refractivity contribution in [3.8, 4) is 17.4 Å². The van der Waals surface area contributed by atoms with E-state index in [2.05, 4.69) is 10.2 Å². The topological polar surface area (TPSA) is 85.4 Å². The van der Waals surface area contributed by atoms with Crippen molar-refractivity contribution in [3.63, 3.8) is 0 Å². The number of aromatic hydroxyl groups is 1. The molecule has 1 atom stereocenters. The van der Waals surface area contributed by atoms with Crippen LogP contribution in [0.15, 0.2) is 58.8 Å². The highest BCUT2D eigenvalue weighted by Gasteiger charge is 2.27.